The molecular formula is C17H16F3N3S. The summed E-state index contributed by atoms with van der Waals surface area (Å²) in [5, 5.41) is 8.35. The van der Waals surface area contributed by atoms with Gasteiger partial charge in [0.1, 0.15) is 0 Å². The molecule has 126 valence electrons. The van der Waals surface area contributed by atoms with Crippen molar-refractivity contribution >= 4 is 17.4 Å². The number of fused-ring (bicyclic) bond motifs is 1. The largest absolute Gasteiger partial charge is 0.417 e. The van der Waals surface area contributed by atoms with Crippen LogP contribution in [0.15, 0.2) is 47.8 Å². The third-order valence-electron chi connectivity index (χ3n) is 3.71. The van der Waals surface area contributed by atoms with Gasteiger partial charge in [0.2, 0.25) is 0 Å². The van der Waals surface area contributed by atoms with Gasteiger partial charge in [0.25, 0.3) is 0 Å². The third-order valence-corrected chi connectivity index (χ3v) is 4.73. The minimum absolute atomic E-state index is 0.403. The maximum absolute atomic E-state index is 12.8. The predicted molar refractivity (Wildman–Crippen MR) is 88.1 cm³/mol. The molecule has 1 aromatic carbocycles. The SMILES string of the molecule is CC(C)c1ccc(CSc2nnc3ccc(C(F)(F)F)cn23)cc1. The quantitative estimate of drug-likeness (QED) is 0.608. The Labute approximate surface area is 141 Å². The predicted octanol–water partition coefficient (Wildman–Crippen LogP) is 5.16. The Morgan fingerprint density at radius 1 is 1.04 bits per heavy atom. The Hall–Kier alpha value is -2.02. The molecule has 0 spiro atoms. The van der Waals surface area contributed by atoms with Crippen LogP contribution < -0.4 is 0 Å². The Morgan fingerprint density at radius 2 is 1.75 bits per heavy atom. The highest BCUT2D eigenvalue weighted by Gasteiger charge is 2.31. The first-order chi connectivity index (χ1) is 11.3. The second-order valence-electron chi connectivity index (χ2n) is 5.81. The van der Waals surface area contributed by atoms with Crippen LogP contribution in [0.5, 0.6) is 0 Å². The van der Waals surface area contributed by atoms with Crippen molar-refractivity contribution in [3.63, 3.8) is 0 Å². The van der Waals surface area contributed by atoms with Crippen LogP contribution in [0.4, 0.5) is 13.2 Å². The minimum Gasteiger partial charge on any atom is -0.277 e. The molecule has 2 heterocycles. The van der Waals surface area contributed by atoms with Crippen LogP contribution in [0.25, 0.3) is 5.65 Å². The molecule has 0 amide bonds. The fourth-order valence-electron chi connectivity index (χ4n) is 2.28. The fraction of sp³-hybridized carbons (Fsp3) is 0.294. The highest BCUT2D eigenvalue weighted by atomic mass is 32.2. The summed E-state index contributed by atoms with van der Waals surface area (Å²) >= 11 is 1.37. The molecule has 0 aliphatic carbocycles. The standard InChI is InChI=1S/C17H16F3N3S/c1-11(2)13-5-3-12(4-6-13)10-24-16-22-21-15-8-7-14(9-23(15)16)17(18,19)20/h3-9,11H,10H2,1-2H3. The van der Waals surface area contributed by atoms with Crippen molar-refractivity contribution in [3.8, 4) is 0 Å². The van der Waals surface area contributed by atoms with Gasteiger partial charge in [-0.3, -0.25) is 4.40 Å². The van der Waals surface area contributed by atoms with Gasteiger partial charge in [-0.05, 0) is 29.2 Å². The zero-order valence-electron chi connectivity index (χ0n) is 13.2. The molecule has 2 aromatic heterocycles. The van der Waals surface area contributed by atoms with Crippen LogP contribution >= 0.6 is 11.8 Å². The number of thioether (sulfide) groups is 1. The molecule has 0 saturated heterocycles. The summed E-state index contributed by atoms with van der Waals surface area (Å²) in [6.45, 7) is 4.26. The number of hydrogen-bond acceptors (Lipinski definition) is 3. The molecular weight excluding hydrogens is 335 g/mol. The van der Waals surface area contributed by atoms with Gasteiger partial charge in [0.15, 0.2) is 10.8 Å². The number of hydrogen-bond donors (Lipinski definition) is 0. The molecule has 0 fully saturated rings. The van der Waals surface area contributed by atoms with E-state index in [0.29, 0.717) is 22.5 Å². The number of halogens is 3. The lowest BCUT2D eigenvalue weighted by Crippen LogP contribution is -2.06. The number of benzene rings is 1. The first kappa shape index (κ1) is 16.8. The monoisotopic (exact) mass is 351 g/mol. The van der Waals surface area contributed by atoms with Gasteiger partial charge in [0.05, 0.1) is 5.56 Å². The molecule has 0 radical (unpaired) electrons. The van der Waals surface area contributed by atoms with Gasteiger partial charge in [0, 0.05) is 11.9 Å². The van der Waals surface area contributed by atoms with Crippen LogP contribution in [0, 0.1) is 0 Å². The van der Waals surface area contributed by atoms with Gasteiger partial charge < -0.3 is 0 Å². The highest BCUT2D eigenvalue weighted by Crippen LogP contribution is 2.30. The average Bonchev–Trinajstić information content (AvgIpc) is 2.95. The van der Waals surface area contributed by atoms with E-state index >= 15 is 0 Å². The molecule has 0 aliphatic rings. The average molecular weight is 351 g/mol. The van der Waals surface area contributed by atoms with Crippen molar-refractivity contribution in [2.45, 2.75) is 36.9 Å². The molecule has 24 heavy (non-hydrogen) atoms. The number of nitrogens with zero attached hydrogens (tertiary/aromatic N) is 3. The second kappa shape index (κ2) is 6.47. The van der Waals surface area contributed by atoms with Crippen molar-refractivity contribution in [1.82, 2.24) is 14.6 Å². The molecule has 0 atom stereocenters. The lowest BCUT2D eigenvalue weighted by atomic mass is 10.0. The zero-order valence-corrected chi connectivity index (χ0v) is 14.0. The van der Waals surface area contributed by atoms with Crippen molar-refractivity contribution in [1.29, 1.82) is 0 Å². The van der Waals surface area contributed by atoms with E-state index in [4.69, 9.17) is 0 Å². The van der Waals surface area contributed by atoms with Gasteiger partial charge >= 0.3 is 6.18 Å². The molecule has 0 N–H and O–H groups in total. The van der Waals surface area contributed by atoms with E-state index in [1.807, 2.05) is 12.1 Å². The number of pyridine rings is 1. The number of alkyl halides is 3. The van der Waals surface area contributed by atoms with Gasteiger partial charge in [-0.25, -0.2) is 0 Å². The van der Waals surface area contributed by atoms with Crippen LogP contribution in [-0.4, -0.2) is 14.6 Å². The summed E-state index contributed by atoms with van der Waals surface area (Å²) in [5.74, 6) is 1.09. The topological polar surface area (TPSA) is 30.2 Å². The molecule has 0 bridgehead atoms. The normalized spacial score (nSPS) is 12.2. The van der Waals surface area contributed by atoms with Crippen molar-refractivity contribution in [2.24, 2.45) is 0 Å². The van der Waals surface area contributed by atoms with E-state index in [1.165, 1.54) is 27.8 Å². The third kappa shape index (κ3) is 3.56. The summed E-state index contributed by atoms with van der Waals surface area (Å²) in [4.78, 5) is 0. The molecule has 3 rings (SSSR count). The summed E-state index contributed by atoms with van der Waals surface area (Å²) in [7, 11) is 0. The van der Waals surface area contributed by atoms with Crippen LogP contribution in [0.3, 0.4) is 0 Å². The van der Waals surface area contributed by atoms with Crippen LogP contribution in [0.2, 0.25) is 0 Å². The van der Waals surface area contributed by atoms with Crippen LogP contribution in [-0.2, 0) is 11.9 Å². The first-order valence-corrected chi connectivity index (χ1v) is 8.47. The summed E-state index contributed by atoms with van der Waals surface area (Å²) in [6, 6.07) is 10.6. The van der Waals surface area contributed by atoms with E-state index in [0.717, 1.165) is 17.8 Å². The van der Waals surface area contributed by atoms with Crippen LogP contribution in [0.1, 0.15) is 36.5 Å². The Bertz CT molecular complexity index is 838. The zero-order chi connectivity index (χ0) is 17.3. The van der Waals surface area contributed by atoms with Crippen molar-refractivity contribution < 1.29 is 13.2 Å². The van der Waals surface area contributed by atoms with E-state index in [2.05, 4.69) is 36.2 Å². The Balaban J connectivity index is 1.80. The molecule has 3 aromatic rings. The van der Waals surface area contributed by atoms with E-state index in [1.54, 1.807) is 0 Å². The van der Waals surface area contributed by atoms with E-state index in [-0.39, 0.29) is 0 Å². The summed E-state index contributed by atoms with van der Waals surface area (Å²) < 4.78 is 39.9. The van der Waals surface area contributed by atoms with Gasteiger partial charge in [-0.1, -0.05) is 49.9 Å². The summed E-state index contributed by atoms with van der Waals surface area (Å²) in [5.41, 5.74) is 2.04. The van der Waals surface area contributed by atoms with Gasteiger partial charge in [-0.2, -0.15) is 13.2 Å². The lowest BCUT2D eigenvalue weighted by Gasteiger charge is -2.08. The van der Waals surface area contributed by atoms with Gasteiger partial charge in [-0.15, -0.1) is 10.2 Å². The molecule has 7 heteroatoms. The second-order valence-corrected chi connectivity index (χ2v) is 6.75. The first-order valence-electron chi connectivity index (χ1n) is 7.48. The molecule has 0 aliphatic heterocycles. The molecule has 3 nitrogen and oxygen atoms in total. The van der Waals surface area contributed by atoms with Crippen molar-refractivity contribution in [2.75, 3.05) is 0 Å². The maximum atomic E-state index is 12.8. The van der Waals surface area contributed by atoms with Crippen molar-refractivity contribution in [3.05, 3.63) is 59.3 Å². The van der Waals surface area contributed by atoms with E-state index in [9.17, 15) is 13.2 Å². The maximum Gasteiger partial charge on any atom is 0.417 e. The highest BCUT2D eigenvalue weighted by molar-refractivity contribution is 7.98. The number of aromatic nitrogens is 3. The van der Waals surface area contributed by atoms with E-state index < -0.39 is 11.7 Å². The number of rotatable bonds is 4. The molecule has 0 saturated carbocycles. The minimum atomic E-state index is -4.38. The lowest BCUT2D eigenvalue weighted by molar-refractivity contribution is -0.137. The smallest absolute Gasteiger partial charge is 0.277 e. The Kier molecular flexibility index (Phi) is 4.54. The molecule has 0 unspecified atom stereocenters. The summed E-state index contributed by atoms with van der Waals surface area (Å²) in [6.07, 6.45) is -3.34. The Morgan fingerprint density at radius 3 is 2.38 bits per heavy atom. The fourth-order valence-corrected chi connectivity index (χ4v) is 3.15.